The minimum Gasteiger partial charge on any atom is -0.380 e. The molecule has 1 aromatic carbocycles. The molecule has 0 heterocycles. The van der Waals surface area contributed by atoms with Gasteiger partial charge in [-0.25, -0.2) is 22.0 Å². The molecule has 9 heteroatoms. The molecule has 0 aliphatic heterocycles. The van der Waals surface area contributed by atoms with Crippen molar-refractivity contribution in [1.82, 2.24) is 0 Å². The topological polar surface area (TPSA) is 27.7 Å². The van der Waals surface area contributed by atoms with E-state index in [4.69, 9.17) is 13.9 Å². The van der Waals surface area contributed by atoms with Gasteiger partial charge < -0.3 is 13.9 Å². The highest BCUT2D eigenvalue weighted by molar-refractivity contribution is 5.98. The first-order valence-electron chi connectivity index (χ1n) is 9.46. The van der Waals surface area contributed by atoms with Crippen molar-refractivity contribution in [3.05, 3.63) is 34.6 Å². The highest BCUT2D eigenvalue weighted by Gasteiger charge is 2.46. The first kappa shape index (κ1) is 23.2. The maximum absolute atomic E-state index is 14.3. The molecule has 0 saturated heterocycles. The quantitative estimate of drug-likeness (QED) is 0.212. The first-order valence-corrected chi connectivity index (χ1v) is 10.3. The standard InChI is InChI=1S/C19H27F5O3Si/c1-9(2)25-19(27-28,26-10(3)4)12-7-5-6-11(8-12)13-14(20)16(22)18(24)17(23)15(13)21/h9-12H,5-8H2,1-4,28H3. The number of rotatable bonds is 7. The van der Waals surface area contributed by atoms with E-state index in [1.165, 1.54) is 0 Å². The van der Waals surface area contributed by atoms with E-state index in [0.29, 0.717) is 19.3 Å². The highest BCUT2D eigenvalue weighted by Crippen LogP contribution is 2.45. The molecule has 0 amide bonds. The number of benzene rings is 1. The fourth-order valence-electron chi connectivity index (χ4n) is 3.89. The van der Waals surface area contributed by atoms with Gasteiger partial charge in [-0.1, -0.05) is 6.42 Å². The molecular weight excluding hydrogens is 399 g/mol. The Hall–Kier alpha value is -1.03. The van der Waals surface area contributed by atoms with Crippen LogP contribution in [0.25, 0.3) is 0 Å². The van der Waals surface area contributed by atoms with Gasteiger partial charge in [0, 0.05) is 11.5 Å². The summed E-state index contributed by atoms with van der Waals surface area (Å²) in [7, 11) is 0.279. The van der Waals surface area contributed by atoms with Crippen molar-refractivity contribution in [3.8, 4) is 0 Å². The second-order valence-electron chi connectivity index (χ2n) is 7.68. The van der Waals surface area contributed by atoms with Crippen molar-refractivity contribution in [2.75, 3.05) is 0 Å². The summed E-state index contributed by atoms with van der Waals surface area (Å²) in [6, 6.07) is 0. The zero-order chi connectivity index (χ0) is 21.2. The summed E-state index contributed by atoms with van der Waals surface area (Å²) in [4.78, 5) is 0. The lowest BCUT2D eigenvalue weighted by molar-refractivity contribution is -0.394. The third-order valence-corrected chi connectivity index (χ3v) is 5.48. The normalized spacial score (nSPS) is 21.1. The van der Waals surface area contributed by atoms with Gasteiger partial charge in [0.05, 0.1) is 12.2 Å². The van der Waals surface area contributed by atoms with E-state index in [-0.39, 0.29) is 29.1 Å². The summed E-state index contributed by atoms with van der Waals surface area (Å²) >= 11 is 0. The minimum absolute atomic E-state index is 0.125. The summed E-state index contributed by atoms with van der Waals surface area (Å²) in [6.07, 6.45) is 1.04. The lowest BCUT2D eigenvalue weighted by Crippen LogP contribution is -2.50. The monoisotopic (exact) mass is 426 g/mol. The fourth-order valence-corrected chi connectivity index (χ4v) is 4.42. The predicted octanol–water partition coefficient (Wildman–Crippen LogP) is 4.46. The smallest absolute Gasteiger partial charge is 0.276 e. The molecule has 0 bridgehead atoms. The van der Waals surface area contributed by atoms with Gasteiger partial charge >= 0.3 is 0 Å². The molecule has 1 aliphatic carbocycles. The van der Waals surface area contributed by atoms with Crippen molar-refractivity contribution < 1.29 is 35.9 Å². The van der Waals surface area contributed by atoms with E-state index in [2.05, 4.69) is 0 Å². The summed E-state index contributed by atoms with van der Waals surface area (Å²) in [6.45, 7) is 7.24. The van der Waals surface area contributed by atoms with Crippen LogP contribution in [0, 0.1) is 35.0 Å². The molecule has 1 aromatic rings. The van der Waals surface area contributed by atoms with Crippen LogP contribution in [0.4, 0.5) is 22.0 Å². The Morgan fingerprint density at radius 1 is 0.821 bits per heavy atom. The molecule has 160 valence electrons. The van der Waals surface area contributed by atoms with Crippen LogP contribution in [0.3, 0.4) is 0 Å². The van der Waals surface area contributed by atoms with Gasteiger partial charge in [0.25, 0.3) is 5.97 Å². The van der Waals surface area contributed by atoms with E-state index >= 15 is 0 Å². The molecule has 2 rings (SSSR count). The van der Waals surface area contributed by atoms with Crippen LogP contribution >= 0.6 is 0 Å². The SMILES string of the molecule is CC(C)OC(O[SiH3])(OC(C)C)C1CCCC(c2c(F)c(F)c(F)c(F)c2F)C1. The minimum atomic E-state index is -2.14. The maximum atomic E-state index is 14.3. The Morgan fingerprint density at radius 2 is 1.29 bits per heavy atom. The van der Waals surface area contributed by atoms with Crippen LogP contribution in [0.15, 0.2) is 0 Å². The van der Waals surface area contributed by atoms with Crippen molar-refractivity contribution >= 4 is 10.5 Å². The Bertz CT molecular complexity index is 660. The first-order chi connectivity index (χ1) is 13.0. The van der Waals surface area contributed by atoms with E-state index in [9.17, 15) is 22.0 Å². The van der Waals surface area contributed by atoms with Gasteiger partial charge in [-0.05, 0) is 52.9 Å². The van der Waals surface area contributed by atoms with E-state index in [0.717, 1.165) is 0 Å². The second-order valence-corrected chi connectivity index (χ2v) is 8.09. The van der Waals surface area contributed by atoms with Gasteiger partial charge in [0.1, 0.15) is 0 Å². The molecule has 3 nitrogen and oxygen atoms in total. The molecule has 2 unspecified atom stereocenters. The zero-order valence-electron chi connectivity index (χ0n) is 16.8. The van der Waals surface area contributed by atoms with Crippen molar-refractivity contribution in [3.63, 3.8) is 0 Å². The molecule has 0 N–H and O–H groups in total. The lowest BCUT2D eigenvalue weighted by atomic mass is 9.76. The van der Waals surface area contributed by atoms with Gasteiger partial charge in [-0.3, -0.25) is 0 Å². The largest absolute Gasteiger partial charge is 0.380 e. The number of halogens is 5. The zero-order valence-corrected chi connectivity index (χ0v) is 18.8. The summed E-state index contributed by atoms with van der Waals surface area (Å²) in [5.41, 5.74) is -0.766. The van der Waals surface area contributed by atoms with Crippen LogP contribution in [0.1, 0.15) is 64.9 Å². The van der Waals surface area contributed by atoms with Gasteiger partial charge in [0.2, 0.25) is 5.82 Å². The van der Waals surface area contributed by atoms with Crippen LogP contribution in [-0.2, 0) is 13.9 Å². The fraction of sp³-hybridized carbons (Fsp3) is 0.684. The van der Waals surface area contributed by atoms with Crippen LogP contribution in [0.2, 0.25) is 0 Å². The molecular formula is C19H27F5O3Si. The van der Waals surface area contributed by atoms with E-state index in [1.54, 1.807) is 0 Å². The Morgan fingerprint density at radius 3 is 1.71 bits per heavy atom. The lowest BCUT2D eigenvalue weighted by Gasteiger charge is -2.44. The average Bonchev–Trinajstić information content (AvgIpc) is 2.64. The number of ether oxygens (including phenoxy) is 2. The van der Waals surface area contributed by atoms with Gasteiger partial charge in [0.15, 0.2) is 33.8 Å². The third kappa shape index (κ3) is 4.58. The van der Waals surface area contributed by atoms with Crippen molar-refractivity contribution in [2.45, 2.75) is 77.5 Å². The third-order valence-electron chi connectivity index (χ3n) is 4.91. The second kappa shape index (κ2) is 9.19. The van der Waals surface area contributed by atoms with Crippen LogP contribution in [0.5, 0.6) is 0 Å². The molecule has 1 saturated carbocycles. The van der Waals surface area contributed by atoms with Crippen molar-refractivity contribution in [2.24, 2.45) is 5.92 Å². The molecule has 0 radical (unpaired) electrons. The molecule has 28 heavy (non-hydrogen) atoms. The maximum Gasteiger partial charge on any atom is 0.276 e. The van der Waals surface area contributed by atoms with E-state index < -0.39 is 52.5 Å². The predicted molar refractivity (Wildman–Crippen MR) is 97.1 cm³/mol. The average molecular weight is 426 g/mol. The molecule has 1 aliphatic rings. The summed E-state index contributed by atoms with van der Waals surface area (Å²) < 4.78 is 86.9. The van der Waals surface area contributed by atoms with Gasteiger partial charge in [-0.15, -0.1) is 0 Å². The summed E-state index contributed by atoms with van der Waals surface area (Å²) in [5.74, 6) is -12.2. The number of hydrogen-bond acceptors (Lipinski definition) is 3. The molecule has 0 spiro atoms. The highest BCUT2D eigenvalue weighted by atomic mass is 28.2. The van der Waals surface area contributed by atoms with Crippen molar-refractivity contribution in [1.29, 1.82) is 0 Å². The Balaban J connectivity index is 2.42. The molecule has 1 fully saturated rings. The number of hydrogen-bond donors (Lipinski definition) is 0. The van der Waals surface area contributed by atoms with Crippen LogP contribution < -0.4 is 0 Å². The molecule has 0 aromatic heterocycles. The molecule has 2 atom stereocenters. The summed E-state index contributed by atoms with van der Waals surface area (Å²) in [5, 5.41) is 0. The van der Waals surface area contributed by atoms with Gasteiger partial charge in [-0.2, -0.15) is 0 Å². The Kier molecular flexibility index (Phi) is 7.63. The van der Waals surface area contributed by atoms with Crippen LogP contribution in [-0.4, -0.2) is 28.7 Å². The van der Waals surface area contributed by atoms with E-state index in [1.807, 2.05) is 27.7 Å². The Labute approximate surface area is 165 Å².